The summed E-state index contributed by atoms with van der Waals surface area (Å²) in [5.74, 6) is 1.05. The largest absolute Gasteiger partial charge is 0.454 e. The lowest BCUT2D eigenvalue weighted by atomic mass is 10.1. The lowest BCUT2D eigenvalue weighted by Crippen LogP contribution is -1.99. The second-order valence-corrected chi connectivity index (χ2v) is 6.29. The minimum Gasteiger partial charge on any atom is -0.454 e. The molecule has 1 heterocycles. The highest BCUT2D eigenvalue weighted by molar-refractivity contribution is 8.13. The van der Waals surface area contributed by atoms with E-state index in [0.717, 1.165) is 12.0 Å². The molecule has 16 heavy (non-hydrogen) atoms. The van der Waals surface area contributed by atoms with Gasteiger partial charge in [-0.2, -0.15) is 0 Å². The van der Waals surface area contributed by atoms with Gasteiger partial charge in [0, 0.05) is 10.7 Å². The van der Waals surface area contributed by atoms with Crippen LogP contribution in [0.5, 0.6) is 11.5 Å². The molecule has 0 amide bonds. The molecular formula is C10H11ClO4S. The molecule has 0 unspecified atom stereocenters. The molecule has 88 valence electrons. The van der Waals surface area contributed by atoms with Crippen LogP contribution in [-0.4, -0.2) is 15.2 Å². The van der Waals surface area contributed by atoms with Crippen molar-refractivity contribution in [3.63, 3.8) is 0 Å². The molecule has 0 atom stereocenters. The summed E-state index contributed by atoms with van der Waals surface area (Å²) in [5.41, 5.74) is 1.58. The highest BCUT2D eigenvalue weighted by Gasteiger charge is 2.19. The van der Waals surface area contributed by atoms with Crippen molar-refractivity contribution >= 4 is 19.7 Å². The average molecular weight is 263 g/mol. The molecule has 1 aromatic rings. The minimum atomic E-state index is -3.55. The number of rotatable bonds is 3. The fourth-order valence-corrected chi connectivity index (χ4v) is 2.67. The molecule has 0 saturated heterocycles. The van der Waals surface area contributed by atoms with Gasteiger partial charge in [0.1, 0.15) is 0 Å². The van der Waals surface area contributed by atoms with Crippen LogP contribution >= 0.6 is 10.7 Å². The average Bonchev–Trinajstić information content (AvgIpc) is 2.60. The third-order valence-corrected chi connectivity index (χ3v) is 3.39. The van der Waals surface area contributed by atoms with E-state index < -0.39 is 9.05 Å². The summed E-state index contributed by atoms with van der Waals surface area (Å²) in [5, 5.41) is 0. The van der Waals surface area contributed by atoms with Crippen LogP contribution in [0.1, 0.15) is 18.1 Å². The number of aryl methyl sites for hydroxylation is 1. The molecular weight excluding hydrogens is 252 g/mol. The molecule has 2 rings (SSSR count). The van der Waals surface area contributed by atoms with Crippen LogP contribution in [0.4, 0.5) is 0 Å². The van der Waals surface area contributed by atoms with Crippen molar-refractivity contribution in [2.24, 2.45) is 0 Å². The number of hydrogen-bond acceptors (Lipinski definition) is 4. The Hall–Kier alpha value is -0.940. The summed E-state index contributed by atoms with van der Waals surface area (Å²) in [6.07, 6.45) is 0.721. The van der Waals surface area contributed by atoms with Crippen LogP contribution in [0, 0.1) is 0 Å². The second-order valence-electron chi connectivity index (χ2n) is 3.51. The van der Waals surface area contributed by atoms with E-state index in [4.69, 9.17) is 20.2 Å². The molecule has 0 fully saturated rings. The van der Waals surface area contributed by atoms with Crippen LogP contribution in [0.2, 0.25) is 0 Å². The predicted octanol–water partition coefficient (Wildman–Crippen LogP) is 2.05. The molecule has 0 bridgehead atoms. The van der Waals surface area contributed by atoms with E-state index in [1.807, 2.05) is 6.92 Å². The van der Waals surface area contributed by atoms with Gasteiger partial charge in [0.05, 0.1) is 5.75 Å². The van der Waals surface area contributed by atoms with Gasteiger partial charge < -0.3 is 9.47 Å². The lowest BCUT2D eigenvalue weighted by Gasteiger charge is -2.07. The van der Waals surface area contributed by atoms with E-state index >= 15 is 0 Å². The normalized spacial score (nSPS) is 14.1. The van der Waals surface area contributed by atoms with Crippen LogP contribution in [0.25, 0.3) is 0 Å². The molecule has 0 radical (unpaired) electrons. The van der Waals surface area contributed by atoms with Gasteiger partial charge in [-0.05, 0) is 29.7 Å². The third kappa shape index (κ3) is 2.41. The summed E-state index contributed by atoms with van der Waals surface area (Å²) >= 11 is 0. The number of hydrogen-bond donors (Lipinski definition) is 0. The molecule has 0 aromatic heterocycles. The molecule has 1 aromatic carbocycles. The van der Waals surface area contributed by atoms with Gasteiger partial charge in [0.2, 0.25) is 15.8 Å². The van der Waals surface area contributed by atoms with Crippen molar-refractivity contribution in [1.29, 1.82) is 0 Å². The number of halogens is 1. The maximum absolute atomic E-state index is 11.1. The molecule has 1 aliphatic heterocycles. The van der Waals surface area contributed by atoms with E-state index in [9.17, 15) is 8.42 Å². The van der Waals surface area contributed by atoms with Gasteiger partial charge in [-0.25, -0.2) is 8.42 Å². The van der Waals surface area contributed by atoms with E-state index in [1.165, 1.54) is 0 Å². The Balaban J connectivity index is 2.44. The fraction of sp³-hybridized carbons (Fsp3) is 0.400. The molecule has 4 nitrogen and oxygen atoms in total. The predicted molar refractivity (Wildman–Crippen MR) is 60.4 cm³/mol. The quantitative estimate of drug-likeness (QED) is 0.783. The minimum absolute atomic E-state index is 0.176. The van der Waals surface area contributed by atoms with Crippen molar-refractivity contribution in [2.75, 3.05) is 6.79 Å². The first-order valence-electron chi connectivity index (χ1n) is 4.83. The van der Waals surface area contributed by atoms with E-state index in [1.54, 1.807) is 12.1 Å². The Morgan fingerprint density at radius 1 is 1.25 bits per heavy atom. The maximum Gasteiger partial charge on any atom is 0.236 e. The van der Waals surface area contributed by atoms with Gasteiger partial charge in [-0.3, -0.25) is 0 Å². The van der Waals surface area contributed by atoms with Crippen LogP contribution in [0.15, 0.2) is 12.1 Å². The summed E-state index contributed by atoms with van der Waals surface area (Å²) < 4.78 is 32.5. The van der Waals surface area contributed by atoms with Crippen molar-refractivity contribution in [2.45, 2.75) is 19.1 Å². The van der Waals surface area contributed by atoms with Gasteiger partial charge in [-0.15, -0.1) is 0 Å². The van der Waals surface area contributed by atoms with Crippen LogP contribution < -0.4 is 9.47 Å². The van der Waals surface area contributed by atoms with Gasteiger partial charge in [0.25, 0.3) is 0 Å². The van der Waals surface area contributed by atoms with Crippen LogP contribution in [-0.2, 0) is 21.2 Å². The SMILES string of the molecule is CCc1cc2c(cc1CS(=O)(=O)Cl)OCO2. The van der Waals surface area contributed by atoms with E-state index in [0.29, 0.717) is 17.1 Å². The van der Waals surface area contributed by atoms with Crippen LogP contribution in [0.3, 0.4) is 0 Å². The van der Waals surface area contributed by atoms with Crippen molar-refractivity contribution in [3.8, 4) is 11.5 Å². The first kappa shape index (κ1) is 11.5. The summed E-state index contributed by atoms with van der Waals surface area (Å²) in [6.45, 7) is 2.12. The van der Waals surface area contributed by atoms with Gasteiger partial charge in [0.15, 0.2) is 11.5 Å². The highest BCUT2D eigenvalue weighted by atomic mass is 35.7. The Kier molecular flexibility index (Phi) is 2.99. The maximum atomic E-state index is 11.1. The highest BCUT2D eigenvalue weighted by Crippen LogP contribution is 2.35. The summed E-state index contributed by atoms with van der Waals surface area (Å²) in [4.78, 5) is 0. The van der Waals surface area contributed by atoms with Gasteiger partial charge >= 0.3 is 0 Å². The van der Waals surface area contributed by atoms with Crippen molar-refractivity contribution in [1.82, 2.24) is 0 Å². The zero-order valence-electron chi connectivity index (χ0n) is 8.70. The Bertz CT molecular complexity index is 510. The molecule has 0 N–H and O–H groups in total. The second kappa shape index (κ2) is 4.14. The number of benzene rings is 1. The lowest BCUT2D eigenvalue weighted by molar-refractivity contribution is 0.174. The zero-order chi connectivity index (χ0) is 11.8. The van der Waals surface area contributed by atoms with Gasteiger partial charge in [-0.1, -0.05) is 6.92 Å². The topological polar surface area (TPSA) is 52.6 Å². The summed E-state index contributed by atoms with van der Waals surface area (Å²) in [7, 11) is 1.70. The van der Waals surface area contributed by atoms with E-state index in [-0.39, 0.29) is 12.5 Å². The molecule has 1 aliphatic rings. The molecule has 0 saturated carbocycles. The first-order chi connectivity index (χ1) is 7.49. The Morgan fingerprint density at radius 2 is 1.81 bits per heavy atom. The third-order valence-electron chi connectivity index (χ3n) is 2.40. The fourth-order valence-electron chi connectivity index (χ4n) is 1.68. The monoisotopic (exact) mass is 262 g/mol. The summed E-state index contributed by atoms with van der Waals surface area (Å²) in [6, 6.07) is 3.49. The standard InChI is InChI=1S/C10H11ClO4S/c1-2-7-3-9-10(15-6-14-9)4-8(7)5-16(11,12)13/h3-4H,2,5-6H2,1H3. The Labute approximate surface area is 98.5 Å². The van der Waals surface area contributed by atoms with E-state index in [2.05, 4.69) is 0 Å². The zero-order valence-corrected chi connectivity index (χ0v) is 10.3. The number of ether oxygens (including phenoxy) is 2. The number of fused-ring (bicyclic) bond motifs is 1. The molecule has 0 spiro atoms. The molecule has 6 heteroatoms. The first-order valence-corrected chi connectivity index (χ1v) is 7.31. The van der Waals surface area contributed by atoms with Crippen molar-refractivity contribution < 1.29 is 17.9 Å². The van der Waals surface area contributed by atoms with Crippen molar-refractivity contribution in [3.05, 3.63) is 23.3 Å². The Morgan fingerprint density at radius 3 is 2.31 bits per heavy atom. The smallest absolute Gasteiger partial charge is 0.236 e. The molecule has 0 aliphatic carbocycles.